The number of alkyl halides is 3. The molecule has 6 nitrogen and oxygen atoms in total. The molecule has 2 N–H and O–H groups in total. The number of anilines is 1. The van der Waals surface area contributed by atoms with Crippen LogP contribution < -0.4 is 10.1 Å². The van der Waals surface area contributed by atoms with E-state index in [0.29, 0.717) is 11.3 Å². The molecule has 3 aromatic rings. The van der Waals surface area contributed by atoms with Crippen molar-refractivity contribution in [3.63, 3.8) is 0 Å². The number of rotatable bonds is 4. The van der Waals surface area contributed by atoms with Crippen LogP contribution in [0.15, 0.2) is 54.9 Å². The topological polar surface area (TPSA) is 84.3 Å². The average Bonchev–Trinajstić information content (AvgIpc) is 2.65. The normalized spacial score (nSPS) is 11.1. The summed E-state index contributed by atoms with van der Waals surface area (Å²) in [5.74, 6) is -0.825. The number of nitrogens with one attached hydrogen (secondary N) is 1. The van der Waals surface area contributed by atoms with Crippen molar-refractivity contribution in [2.75, 3.05) is 5.32 Å². The second-order valence-electron chi connectivity index (χ2n) is 5.79. The first-order valence-electron chi connectivity index (χ1n) is 8.01. The molecule has 0 aliphatic carbocycles. The van der Waals surface area contributed by atoms with Gasteiger partial charge in [0.15, 0.2) is 5.69 Å². The summed E-state index contributed by atoms with van der Waals surface area (Å²) in [5.41, 5.74) is -0.171. The number of aromatic hydroxyl groups is 1. The van der Waals surface area contributed by atoms with Crippen molar-refractivity contribution in [3.8, 4) is 17.4 Å². The molecule has 9 heteroatoms. The third kappa shape index (κ3) is 4.37. The fourth-order valence-corrected chi connectivity index (χ4v) is 2.28. The summed E-state index contributed by atoms with van der Waals surface area (Å²) >= 11 is 0. The van der Waals surface area contributed by atoms with Gasteiger partial charge < -0.3 is 15.2 Å². The summed E-state index contributed by atoms with van der Waals surface area (Å²) in [4.78, 5) is 20.0. The van der Waals surface area contributed by atoms with Gasteiger partial charge in [0.1, 0.15) is 11.5 Å². The third-order valence-electron chi connectivity index (χ3n) is 3.72. The second-order valence-corrected chi connectivity index (χ2v) is 5.79. The van der Waals surface area contributed by atoms with Crippen LogP contribution in [0.3, 0.4) is 0 Å². The molecule has 0 saturated heterocycles. The zero-order valence-corrected chi connectivity index (χ0v) is 14.5. The maximum absolute atomic E-state index is 12.7. The summed E-state index contributed by atoms with van der Waals surface area (Å²) in [7, 11) is 0. The van der Waals surface area contributed by atoms with E-state index in [2.05, 4.69) is 15.3 Å². The third-order valence-corrected chi connectivity index (χ3v) is 3.72. The smallest absolute Gasteiger partial charge is 0.416 e. The zero-order valence-electron chi connectivity index (χ0n) is 14.5. The van der Waals surface area contributed by atoms with E-state index in [9.17, 15) is 23.1 Å². The van der Waals surface area contributed by atoms with Gasteiger partial charge in [0.05, 0.1) is 17.4 Å². The van der Waals surface area contributed by atoms with Crippen LogP contribution in [0.2, 0.25) is 0 Å². The molecule has 0 radical (unpaired) electrons. The number of benzene rings is 1. The van der Waals surface area contributed by atoms with Crippen LogP contribution in [0.4, 0.5) is 18.9 Å². The molecule has 0 unspecified atom stereocenters. The second kappa shape index (κ2) is 7.55. The number of halogens is 3. The summed E-state index contributed by atoms with van der Waals surface area (Å²) in [6, 6.07) is 8.82. The number of ether oxygens (including phenoxy) is 1. The SMILES string of the molecule is Cc1ccnc(C(=O)Nc2ccc(Oc3cccc(C(F)(F)F)c3)nc2)c1O. The largest absolute Gasteiger partial charge is 0.505 e. The lowest BCUT2D eigenvalue weighted by molar-refractivity contribution is -0.137. The molecule has 2 aromatic heterocycles. The molecule has 0 atom stereocenters. The van der Waals surface area contributed by atoms with Crippen LogP contribution in [0, 0.1) is 6.92 Å². The fraction of sp³-hybridized carbons (Fsp3) is 0.105. The molecule has 28 heavy (non-hydrogen) atoms. The summed E-state index contributed by atoms with van der Waals surface area (Å²) < 4.78 is 43.5. The van der Waals surface area contributed by atoms with Gasteiger partial charge in [-0.2, -0.15) is 13.2 Å². The minimum atomic E-state index is -4.48. The Morgan fingerprint density at radius 1 is 1.14 bits per heavy atom. The predicted molar refractivity (Wildman–Crippen MR) is 94.3 cm³/mol. The number of carbonyl (C=O) groups excluding carboxylic acids is 1. The van der Waals surface area contributed by atoms with Crippen LogP contribution >= 0.6 is 0 Å². The summed E-state index contributed by atoms with van der Waals surface area (Å²) in [5, 5.41) is 12.4. The van der Waals surface area contributed by atoms with Gasteiger partial charge in [-0.15, -0.1) is 0 Å². The van der Waals surface area contributed by atoms with Crippen molar-refractivity contribution in [2.45, 2.75) is 13.1 Å². The van der Waals surface area contributed by atoms with Gasteiger partial charge in [0.2, 0.25) is 5.88 Å². The number of pyridine rings is 2. The fourth-order valence-electron chi connectivity index (χ4n) is 2.28. The van der Waals surface area contributed by atoms with E-state index in [1.54, 1.807) is 13.0 Å². The van der Waals surface area contributed by atoms with Crippen LogP contribution in [-0.2, 0) is 6.18 Å². The monoisotopic (exact) mass is 389 g/mol. The van der Waals surface area contributed by atoms with Gasteiger partial charge in [-0.25, -0.2) is 9.97 Å². The van der Waals surface area contributed by atoms with Crippen molar-refractivity contribution >= 4 is 11.6 Å². The Morgan fingerprint density at radius 2 is 1.93 bits per heavy atom. The lowest BCUT2D eigenvalue weighted by atomic mass is 10.2. The standard InChI is InChI=1S/C19H14F3N3O3/c1-11-7-8-23-16(17(11)26)18(27)25-13-5-6-15(24-10-13)28-14-4-2-3-12(9-14)19(20,21)22/h2-10,26H,1H3,(H,25,27). The molecule has 144 valence electrons. The predicted octanol–water partition coefficient (Wildman–Crippen LogP) is 4.55. The van der Waals surface area contributed by atoms with E-state index < -0.39 is 17.6 Å². The van der Waals surface area contributed by atoms with Crippen molar-refractivity contribution in [3.05, 3.63) is 71.7 Å². The average molecular weight is 389 g/mol. The van der Waals surface area contributed by atoms with E-state index in [1.807, 2.05) is 0 Å². The Kier molecular flexibility index (Phi) is 5.16. The van der Waals surface area contributed by atoms with Crippen LogP contribution in [0.25, 0.3) is 0 Å². The Bertz CT molecular complexity index is 1010. The first-order valence-corrected chi connectivity index (χ1v) is 8.01. The van der Waals surface area contributed by atoms with E-state index >= 15 is 0 Å². The molecule has 0 fully saturated rings. The minimum Gasteiger partial charge on any atom is -0.505 e. The lowest BCUT2D eigenvalue weighted by Crippen LogP contribution is -2.14. The highest BCUT2D eigenvalue weighted by atomic mass is 19.4. The highest BCUT2D eigenvalue weighted by Gasteiger charge is 2.30. The van der Waals surface area contributed by atoms with E-state index in [0.717, 1.165) is 12.1 Å². The molecular formula is C19H14F3N3O3. The van der Waals surface area contributed by atoms with Crippen molar-refractivity contribution < 1.29 is 27.8 Å². The number of carbonyl (C=O) groups is 1. The Balaban J connectivity index is 1.70. The van der Waals surface area contributed by atoms with E-state index in [-0.39, 0.29) is 23.1 Å². The van der Waals surface area contributed by atoms with E-state index in [1.165, 1.54) is 36.7 Å². The van der Waals surface area contributed by atoms with Gasteiger partial charge in [-0.3, -0.25) is 4.79 Å². The molecule has 2 heterocycles. The van der Waals surface area contributed by atoms with Gasteiger partial charge in [0.25, 0.3) is 5.91 Å². The van der Waals surface area contributed by atoms with Crippen LogP contribution in [-0.4, -0.2) is 21.0 Å². The maximum atomic E-state index is 12.7. The lowest BCUT2D eigenvalue weighted by Gasteiger charge is -2.10. The molecule has 1 aromatic carbocycles. The van der Waals surface area contributed by atoms with Crippen molar-refractivity contribution in [1.29, 1.82) is 0 Å². The quantitative estimate of drug-likeness (QED) is 0.684. The summed E-state index contributed by atoms with van der Waals surface area (Å²) in [6.45, 7) is 1.63. The van der Waals surface area contributed by atoms with Gasteiger partial charge in [0, 0.05) is 12.3 Å². The molecule has 0 spiro atoms. The minimum absolute atomic E-state index is 0.0204. The zero-order chi connectivity index (χ0) is 20.3. The maximum Gasteiger partial charge on any atom is 0.416 e. The van der Waals surface area contributed by atoms with Crippen molar-refractivity contribution in [2.24, 2.45) is 0 Å². The number of nitrogens with zero attached hydrogens (tertiary/aromatic N) is 2. The molecule has 3 rings (SSSR count). The van der Waals surface area contributed by atoms with Crippen molar-refractivity contribution in [1.82, 2.24) is 9.97 Å². The number of hydrogen-bond acceptors (Lipinski definition) is 5. The first kappa shape index (κ1) is 19.2. The van der Waals surface area contributed by atoms with Gasteiger partial charge in [-0.05, 0) is 42.8 Å². The highest BCUT2D eigenvalue weighted by molar-refractivity contribution is 6.04. The molecule has 0 aliphatic rings. The Hall–Kier alpha value is -3.62. The van der Waals surface area contributed by atoms with Crippen LogP contribution in [0.5, 0.6) is 17.4 Å². The Morgan fingerprint density at radius 3 is 2.61 bits per heavy atom. The molecule has 0 bridgehead atoms. The number of aryl methyl sites for hydroxylation is 1. The number of amides is 1. The number of hydrogen-bond donors (Lipinski definition) is 2. The molecule has 1 amide bonds. The molecule has 0 aliphatic heterocycles. The molecular weight excluding hydrogens is 375 g/mol. The number of aromatic nitrogens is 2. The van der Waals surface area contributed by atoms with Gasteiger partial charge >= 0.3 is 6.18 Å². The summed E-state index contributed by atoms with van der Waals surface area (Å²) in [6.07, 6.45) is -1.81. The van der Waals surface area contributed by atoms with E-state index in [4.69, 9.17) is 4.74 Å². The van der Waals surface area contributed by atoms with Gasteiger partial charge in [-0.1, -0.05) is 6.07 Å². The first-order chi connectivity index (χ1) is 13.2. The highest BCUT2D eigenvalue weighted by Crippen LogP contribution is 2.32. The molecule has 0 saturated carbocycles. The Labute approximate surface area is 157 Å². The van der Waals surface area contributed by atoms with Crippen LogP contribution in [0.1, 0.15) is 21.6 Å².